The molecule has 19 nitrogen and oxygen atoms in total. The standard InChI is InChI=1S/C20H30ClN4O15P/c21-4-12(30)24-13-8(28)3-20(7-27,39-17(13)14(31)9(29)5-26)40-41(35,36)37-6-10-15(32)16(33)18(38-10)25-2-1-11(22)23-19(25)34/h1-2,7-10,13-18,26,28-29,31-33H,3-6H2,(H,24,30)(H,35,36)(H2,22,23,34)/t8?,9-,10?,13-,14-,15-,16-,17?,18?,20-/m1/s1. The van der Waals surface area contributed by atoms with Gasteiger partial charge in [-0.1, -0.05) is 0 Å². The van der Waals surface area contributed by atoms with Crippen LogP contribution in [0, 0.1) is 0 Å². The minimum Gasteiger partial charge on any atom is -0.394 e. The van der Waals surface area contributed by atoms with E-state index in [1.54, 1.807) is 0 Å². The fraction of sp³-hybridized carbons (Fsp3) is 0.700. The molecule has 41 heavy (non-hydrogen) atoms. The minimum atomic E-state index is -5.36. The van der Waals surface area contributed by atoms with E-state index in [1.165, 1.54) is 6.07 Å². The molecule has 5 unspecified atom stereocenters. The highest BCUT2D eigenvalue weighted by Gasteiger charge is 2.55. The molecule has 2 saturated heterocycles. The normalized spacial score (nSPS) is 34.9. The van der Waals surface area contributed by atoms with E-state index in [4.69, 9.17) is 35.9 Å². The van der Waals surface area contributed by atoms with Crippen LogP contribution >= 0.6 is 19.4 Å². The SMILES string of the molecule is Nc1ccn(C2OC(COP(=O)(O)O[C@@]3(C=O)CC(O)[C@@H](NC(=O)CCl)C([C@H](O)[C@H](O)CO)O3)[C@@H](O)[C@H]2O)c(=O)n1. The lowest BCUT2D eigenvalue weighted by Gasteiger charge is -2.46. The molecule has 3 heterocycles. The number of aliphatic hydroxyl groups is 6. The van der Waals surface area contributed by atoms with E-state index in [2.05, 4.69) is 10.3 Å². The van der Waals surface area contributed by atoms with Crippen LogP contribution in [0.4, 0.5) is 5.82 Å². The van der Waals surface area contributed by atoms with Gasteiger partial charge in [-0.05, 0) is 6.07 Å². The van der Waals surface area contributed by atoms with Gasteiger partial charge in [-0.25, -0.2) is 13.9 Å². The van der Waals surface area contributed by atoms with Crippen LogP contribution in [0.2, 0.25) is 0 Å². The van der Waals surface area contributed by atoms with Gasteiger partial charge < -0.3 is 56.1 Å². The number of nitrogens with one attached hydrogen (secondary N) is 1. The van der Waals surface area contributed by atoms with Gasteiger partial charge in [0, 0.05) is 12.6 Å². The second-order valence-corrected chi connectivity index (χ2v) is 10.8. The molecular formula is C20H30ClN4O15P. The Morgan fingerprint density at radius 3 is 2.63 bits per heavy atom. The Morgan fingerprint density at radius 1 is 1.37 bits per heavy atom. The van der Waals surface area contributed by atoms with Crippen molar-refractivity contribution in [2.75, 3.05) is 24.8 Å². The summed E-state index contributed by atoms with van der Waals surface area (Å²) in [5, 5.41) is 63.0. The highest BCUT2D eigenvalue weighted by atomic mass is 35.5. The maximum atomic E-state index is 12.8. The molecule has 0 spiro atoms. The molecular weight excluding hydrogens is 603 g/mol. The van der Waals surface area contributed by atoms with Gasteiger partial charge in [0.2, 0.25) is 11.7 Å². The zero-order valence-electron chi connectivity index (χ0n) is 21.0. The highest BCUT2D eigenvalue weighted by molar-refractivity contribution is 7.47. The largest absolute Gasteiger partial charge is 0.475 e. The minimum absolute atomic E-state index is 0.120. The number of carbonyl (C=O) groups excluding carboxylic acids is 2. The predicted molar refractivity (Wildman–Crippen MR) is 132 cm³/mol. The molecule has 232 valence electrons. The van der Waals surface area contributed by atoms with E-state index in [9.17, 15) is 54.5 Å². The second-order valence-electron chi connectivity index (χ2n) is 9.20. The van der Waals surface area contributed by atoms with Gasteiger partial charge in [0.15, 0.2) is 12.5 Å². The van der Waals surface area contributed by atoms with Crippen molar-refractivity contribution < 1.29 is 68.2 Å². The van der Waals surface area contributed by atoms with Crippen molar-refractivity contribution in [2.45, 2.75) is 67.2 Å². The first kappa shape index (κ1) is 33.4. The van der Waals surface area contributed by atoms with Crippen molar-refractivity contribution in [1.82, 2.24) is 14.9 Å². The van der Waals surface area contributed by atoms with Crippen LogP contribution in [0.25, 0.3) is 0 Å². The number of anilines is 1. The molecule has 0 aliphatic carbocycles. The number of halogens is 1. The van der Waals surface area contributed by atoms with E-state index in [0.717, 1.165) is 10.8 Å². The Labute approximate surface area is 235 Å². The zero-order valence-corrected chi connectivity index (χ0v) is 22.6. The van der Waals surface area contributed by atoms with Crippen molar-refractivity contribution in [3.05, 3.63) is 22.7 Å². The lowest BCUT2D eigenvalue weighted by molar-refractivity contribution is -0.274. The van der Waals surface area contributed by atoms with Crippen molar-refractivity contribution in [3.63, 3.8) is 0 Å². The maximum absolute atomic E-state index is 12.8. The van der Waals surface area contributed by atoms with Gasteiger partial charge in [0.05, 0.1) is 25.4 Å². The van der Waals surface area contributed by atoms with Crippen molar-refractivity contribution >= 4 is 37.4 Å². The Kier molecular flexibility index (Phi) is 11.0. The molecule has 10 N–H and O–H groups in total. The van der Waals surface area contributed by atoms with Crippen LogP contribution in [-0.2, 0) is 32.7 Å². The number of aromatic nitrogens is 2. The Hall–Kier alpha value is -2.10. The van der Waals surface area contributed by atoms with Gasteiger partial charge >= 0.3 is 13.5 Å². The third-order valence-corrected chi connectivity index (χ3v) is 7.54. The third kappa shape index (κ3) is 7.65. The van der Waals surface area contributed by atoms with Crippen LogP contribution in [0.3, 0.4) is 0 Å². The molecule has 11 atom stereocenters. The summed E-state index contributed by atoms with van der Waals surface area (Å²) in [6.45, 7) is -1.96. The molecule has 1 aromatic heterocycles. The number of hydrogen-bond donors (Lipinski definition) is 9. The van der Waals surface area contributed by atoms with Crippen molar-refractivity contribution in [3.8, 4) is 0 Å². The first-order valence-corrected chi connectivity index (χ1v) is 13.9. The number of nitrogen functional groups attached to an aromatic ring is 1. The molecule has 0 radical (unpaired) electrons. The van der Waals surface area contributed by atoms with Crippen LogP contribution in [-0.4, -0.2) is 131 Å². The van der Waals surface area contributed by atoms with Gasteiger partial charge in [-0.15, -0.1) is 11.6 Å². The third-order valence-electron chi connectivity index (χ3n) is 6.28. The number of hydrogen-bond acceptors (Lipinski definition) is 16. The van der Waals surface area contributed by atoms with Crippen LogP contribution in [0.15, 0.2) is 17.1 Å². The number of nitrogens with two attached hydrogens (primary N) is 1. The Morgan fingerprint density at radius 2 is 2.05 bits per heavy atom. The quantitative estimate of drug-likeness (QED) is 0.0592. The number of alkyl halides is 1. The zero-order chi connectivity index (χ0) is 30.7. The topological polar surface area (TPSA) is 303 Å². The number of aldehydes is 1. The van der Waals surface area contributed by atoms with Crippen molar-refractivity contribution in [1.29, 1.82) is 0 Å². The highest BCUT2D eigenvalue weighted by Crippen LogP contribution is 2.50. The molecule has 0 saturated carbocycles. The summed E-state index contributed by atoms with van der Waals surface area (Å²) >= 11 is 5.45. The molecule has 1 aromatic rings. The van der Waals surface area contributed by atoms with E-state index >= 15 is 0 Å². The van der Waals surface area contributed by atoms with E-state index in [0.29, 0.717) is 0 Å². The van der Waals surface area contributed by atoms with Gasteiger partial charge in [-0.3, -0.25) is 18.7 Å². The summed E-state index contributed by atoms with van der Waals surface area (Å²) in [6, 6.07) is -0.309. The molecule has 0 aromatic carbocycles. The number of phosphoric ester groups is 1. The van der Waals surface area contributed by atoms with Crippen molar-refractivity contribution in [2.24, 2.45) is 0 Å². The first-order chi connectivity index (χ1) is 19.2. The van der Waals surface area contributed by atoms with Crippen LogP contribution in [0.5, 0.6) is 0 Å². The Bertz CT molecular complexity index is 1190. The fourth-order valence-corrected chi connectivity index (χ4v) is 5.28. The molecule has 2 fully saturated rings. The lowest BCUT2D eigenvalue weighted by atomic mass is 9.89. The summed E-state index contributed by atoms with van der Waals surface area (Å²) in [6.07, 6.45) is -14.0. The Balaban J connectivity index is 1.75. The first-order valence-electron chi connectivity index (χ1n) is 11.9. The van der Waals surface area contributed by atoms with Crippen LogP contribution < -0.4 is 16.7 Å². The average molecular weight is 633 g/mol. The van der Waals surface area contributed by atoms with Gasteiger partial charge in [-0.2, -0.15) is 4.98 Å². The summed E-state index contributed by atoms with van der Waals surface area (Å²) in [5.74, 6) is -4.35. The molecule has 0 bridgehead atoms. The molecule has 3 rings (SSSR count). The monoisotopic (exact) mass is 632 g/mol. The van der Waals surface area contributed by atoms with Gasteiger partial charge in [0.25, 0.3) is 0 Å². The lowest BCUT2D eigenvalue weighted by Crippen LogP contribution is -2.66. The number of aliphatic hydroxyl groups excluding tert-OH is 6. The number of nitrogens with zero attached hydrogens (tertiary/aromatic N) is 2. The molecule has 2 aliphatic heterocycles. The number of amides is 1. The summed E-state index contributed by atoms with van der Waals surface area (Å²) in [7, 11) is -5.36. The summed E-state index contributed by atoms with van der Waals surface area (Å²) in [5.41, 5.74) is 4.49. The van der Waals surface area contributed by atoms with Crippen LogP contribution in [0.1, 0.15) is 12.6 Å². The molecule has 1 amide bonds. The average Bonchev–Trinajstić information content (AvgIpc) is 3.20. The number of carbonyl (C=O) groups is 2. The number of phosphoric acid groups is 1. The summed E-state index contributed by atoms with van der Waals surface area (Å²) < 4.78 is 34.1. The molecule has 2 aliphatic rings. The number of rotatable bonds is 12. The van der Waals surface area contributed by atoms with E-state index in [1.807, 2.05) is 0 Å². The summed E-state index contributed by atoms with van der Waals surface area (Å²) in [4.78, 5) is 49.7. The van der Waals surface area contributed by atoms with E-state index < -0.39 is 106 Å². The van der Waals surface area contributed by atoms with E-state index in [-0.39, 0.29) is 12.1 Å². The fourth-order valence-electron chi connectivity index (χ4n) is 4.26. The maximum Gasteiger partial charge on any atom is 0.475 e. The van der Waals surface area contributed by atoms with Gasteiger partial charge in [0.1, 0.15) is 48.3 Å². The number of ether oxygens (including phenoxy) is 2. The predicted octanol–water partition coefficient (Wildman–Crippen LogP) is -4.94. The smallest absolute Gasteiger partial charge is 0.394 e. The second kappa shape index (κ2) is 13.5. The molecule has 21 heteroatoms.